The van der Waals surface area contributed by atoms with Crippen molar-refractivity contribution in [2.75, 3.05) is 24.7 Å². The number of esters is 1. The van der Waals surface area contributed by atoms with Crippen molar-refractivity contribution in [3.05, 3.63) is 30.5 Å². The molecule has 0 aliphatic carbocycles. The molecule has 0 saturated heterocycles. The molecular weight excluding hydrogens is 230 g/mol. The van der Waals surface area contributed by atoms with Crippen LogP contribution in [0.25, 0.3) is 10.9 Å². The quantitative estimate of drug-likeness (QED) is 0.634. The molecule has 1 aromatic carbocycles. The van der Waals surface area contributed by atoms with Crippen LogP contribution in [-0.2, 0) is 9.53 Å². The Morgan fingerprint density at radius 2 is 2.28 bits per heavy atom. The monoisotopic (exact) mass is 245 g/mol. The zero-order valence-electron chi connectivity index (χ0n) is 10.1. The summed E-state index contributed by atoms with van der Waals surface area (Å²) in [6.07, 6.45) is 2.04. The maximum Gasteiger partial charge on any atom is 0.307 e. The first-order valence-corrected chi connectivity index (χ1v) is 5.65. The van der Waals surface area contributed by atoms with Gasteiger partial charge in [0.05, 0.1) is 19.0 Å². The number of carbonyl (C=O) groups is 1. The second kappa shape index (κ2) is 5.35. The summed E-state index contributed by atoms with van der Waals surface area (Å²) in [6, 6.07) is 7.43. The minimum atomic E-state index is -0.231. The lowest BCUT2D eigenvalue weighted by Crippen LogP contribution is -2.09. The van der Waals surface area contributed by atoms with E-state index in [4.69, 9.17) is 5.73 Å². The van der Waals surface area contributed by atoms with Gasteiger partial charge in [0.1, 0.15) is 0 Å². The largest absolute Gasteiger partial charge is 0.469 e. The molecule has 0 aliphatic heterocycles. The van der Waals surface area contributed by atoms with Crippen LogP contribution < -0.4 is 11.1 Å². The Balaban J connectivity index is 2.15. The minimum absolute atomic E-state index is 0.231. The van der Waals surface area contributed by atoms with E-state index in [1.54, 1.807) is 6.20 Å². The van der Waals surface area contributed by atoms with Crippen molar-refractivity contribution >= 4 is 28.2 Å². The first-order valence-electron chi connectivity index (χ1n) is 5.65. The fourth-order valence-electron chi connectivity index (χ4n) is 1.72. The van der Waals surface area contributed by atoms with E-state index in [0.29, 0.717) is 18.7 Å². The van der Waals surface area contributed by atoms with Gasteiger partial charge in [-0.1, -0.05) is 0 Å². The highest BCUT2D eigenvalue weighted by atomic mass is 16.5. The molecule has 94 valence electrons. The number of methoxy groups -OCH3 is 1. The van der Waals surface area contributed by atoms with Gasteiger partial charge >= 0.3 is 5.97 Å². The van der Waals surface area contributed by atoms with Crippen LogP contribution in [0.5, 0.6) is 0 Å². The van der Waals surface area contributed by atoms with Crippen molar-refractivity contribution in [1.82, 2.24) is 4.98 Å². The molecule has 0 bridgehead atoms. The Morgan fingerprint density at radius 3 is 3.06 bits per heavy atom. The number of rotatable bonds is 4. The van der Waals surface area contributed by atoms with E-state index in [9.17, 15) is 4.79 Å². The third-order valence-electron chi connectivity index (χ3n) is 2.64. The van der Waals surface area contributed by atoms with Crippen LogP contribution in [0.4, 0.5) is 11.4 Å². The van der Waals surface area contributed by atoms with E-state index in [0.717, 1.165) is 16.6 Å². The molecule has 1 aromatic heterocycles. The molecule has 0 radical (unpaired) electrons. The molecule has 0 atom stereocenters. The Kier molecular flexibility index (Phi) is 3.62. The van der Waals surface area contributed by atoms with Gasteiger partial charge in [0.25, 0.3) is 0 Å². The molecule has 0 amide bonds. The van der Waals surface area contributed by atoms with Gasteiger partial charge in [-0.3, -0.25) is 9.78 Å². The predicted octanol–water partition coefficient (Wildman–Crippen LogP) is 1.79. The van der Waals surface area contributed by atoms with Gasteiger partial charge < -0.3 is 15.8 Å². The molecule has 3 N–H and O–H groups in total. The van der Waals surface area contributed by atoms with E-state index in [1.165, 1.54) is 7.11 Å². The number of nitrogens with zero attached hydrogens (tertiary/aromatic N) is 1. The second-order valence-electron chi connectivity index (χ2n) is 3.89. The number of anilines is 2. The van der Waals surface area contributed by atoms with Crippen molar-refractivity contribution < 1.29 is 9.53 Å². The predicted molar refractivity (Wildman–Crippen MR) is 71.3 cm³/mol. The third-order valence-corrected chi connectivity index (χ3v) is 2.64. The maximum atomic E-state index is 11.0. The van der Waals surface area contributed by atoms with E-state index in [-0.39, 0.29) is 5.97 Å². The zero-order chi connectivity index (χ0) is 13.0. The van der Waals surface area contributed by atoms with Crippen molar-refractivity contribution in [2.24, 2.45) is 0 Å². The number of carbonyl (C=O) groups excluding carboxylic acids is 1. The topological polar surface area (TPSA) is 77.2 Å². The lowest BCUT2D eigenvalue weighted by molar-refractivity contribution is -0.140. The standard InChI is InChI=1S/C13H15N3O2/c1-18-13(17)5-7-15-11-4-6-16-12-8-9(14)2-3-10(11)12/h2-4,6,8H,5,7,14H2,1H3,(H,15,16). The maximum absolute atomic E-state index is 11.0. The van der Waals surface area contributed by atoms with Gasteiger partial charge in [0.15, 0.2) is 0 Å². The molecule has 2 aromatic rings. The van der Waals surface area contributed by atoms with Crippen LogP contribution in [0, 0.1) is 0 Å². The first-order chi connectivity index (χ1) is 8.70. The van der Waals surface area contributed by atoms with Gasteiger partial charge in [0.2, 0.25) is 0 Å². The van der Waals surface area contributed by atoms with E-state index >= 15 is 0 Å². The van der Waals surface area contributed by atoms with E-state index in [1.807, 2.05) is 24.3 Å². The highest BCUT2D eigenvalue weighted by Gasteiger charge is 2.03. The van der Waals surface area contributed by atoms with Crippen LogP contribution in [0.2, 0.25) is 0 Å². The number of pyridine rings is 1. The summed E-state index contributed by atoms with van der Waals surface area (Å²) in [4.78, 5) is 15.3. The van der Waals surface area contributed by atoms with Crippen LogP contribution in [-0.4, -0.2) is 24.6 Å². The summed E-state index contributed by atoms with van der Waals surface area (Å²) in [5.74, 6) is -0.231. The number of nitrogens with one attached hydrogen (secondary N) is 1. The van der Waals surface area contributed by atoms with Gasteiger partial charge in [-0.25, -0.2) is 0 Å². The summed E-state index contributed by atoms with van der Waals surface area (Å²) < 4.78 is 4.58. The van der Waals surface area contributed by atoms with Gasteiger partial charge in [0, 0.05) is 29.5 Å². The van der Waals surface area contributed by atoms with Crippen molar-refractivity contribution in [2.45, 2.75) is 6.42 Å². The average Bonchev–Trinajstić information content (AvgIpc) is 2.38. The van der Waals surface area contributed by atoms with Crippen molar-refractivity contribution in [1.29, 1.82) is 0 Å². The molecule has 18 heavy (non-hydrogen) atoms. The van der Waals surface area contributed by atoms with Crippen LogP contribution in [0.15, 0.2) is 30.5 Å². The molecule has 1 heterocycles. The number of benzene rings is 1. The zero-order valence-corrected chi connectivity index (χ0v) is 10.1. The summed E-state index contributed by atoms with van der Waals surface area (Å²) >= 11 is 0. The van der Waals surface area contributed by atoms with Crippen LogP contribution >= 0.6 is 0 Å². The Hall–Kier alpha value is -2.30. The normalized spacial score (nSPS) is 10.3. The fourth-order valence-corrected chi connectivity index (χ4v) is 1.72. The molecule has 0 spiro atoms. The second-order valence-corrected chi connectivity index (χ2v) is 3.89. The molecule has 0 unspecified atom stereocenters. The summed E-state index contributed by atoms with van der Waals surface area (Å²) in [5.41, 5.74) is 8.16. The first kappa shape index (κ1) is 12.2. The molecular formula is C13H15N3O2. The number of hydrogen-bond acceptors (Lipinski definition) is 5. The molecule has 5 nitrogen and oxygen atoms in total. The lowest BCUT2D eigenvalue weighted by atomic mass is 10.1. The summed E-state index contributed by atoms with van der Waals surface area (Å²) in [7, 11) is 1.38. The van der Waals surface area contributed by atoms with E-state index in [2.05, 4.69) is 15.0 Å². The number of aromatic nitrogens is 1. The van der Waals surface area contributed by atoms with E-state index < -0.39 is 0 Å². The van der Waals surface area contributed by atoms with Gasteiger partial charge in [-0.15, -0.1) is 0 Å². The molecule has 0 fully saturated rings. The molecule has 0 aliphatic rings. The Labute approximate surface area is 105 Å². The van der Waals surface area contributed by atoms with Crippen molar-refractivity contribution in [3.8, 4) is 0 Å². The molecule has 0 saturated carbocycles. The number of ether oxygens (including phenoxy) is 1. The van der Waals surface area contributed by atoms with Gasteiger partial charge in [-0.2, -0.15) is 0 Å². The number of nitrogen functional groups attached to an aromatic ring is 1. The highest BCUT2D eigenvalue weighted by Crippen LogP contribution is 2.23. The fraction of sp³-hybridized carbons (Fsp3) is 0.231. The number of fused-ring (bicyclic) bond motifs is 1. The van der Waals surface area contributed by atoms with Gasteiger partial charge in [-0.05, 0) is 24.3 Å². The molecule has 2 rings (SSSR count). The smallest absolute Gasteiger partial charge is 0.307 e. The third kappa shape index (κ3) is 2.68. The molecule has 5 heteroatoms. The Bertz CT molecular complexity index is 569. The van der Waals surface area contributed by atoms with Crippen LogP contribution in [0.3, 0.4) is 0 Å². The SMILES string of the molecule is COC(=O)CCNc1ccnc2cc(N)ccc12. The number of hydrogen-bond donors (Lipinski definition) is 2. The summed E-state index contributed by atoms with van der Waals surface area (Å²) in [5, 5.41) is 4.17. The van der Waals surface area contributed by atoms with Crippen molar-refractivity contribution in [3.63, 3.8) is 0 Å². The minimum Gasteiger partial charge on any atom is -0.469 e. The Morgan fingerprint density at radius 1 is 1.44 bits per heavy atom. The number of nitrogens with two attached hydrogens (primary N) is 1. The lowest BCUT2D eigenvalue weighted by Gasteiger charge is -2.09. The highest BCUT2D eigenvalue weighted by molar-refractivity contribution is 5.92. The van der Waals surface area contributed by atoms with Crippen LogP contribution in [0.1, 0.15) is 6.42 Å². The average molecular weight is 245 g/mol. The summed E-state index contributed by atoms with van der Waals surface area (Å²) in [6.45, 7) is 0.524.